The second-order valence-corrected chi connectivity index (χ2v) is 5.80. The van der Waals surface area contributed by atoms with Crippen molar-refractivity contribution < 1.29 is 14.3 Å². The molecule has 7 heteroatoms. The van der Waals surface area contributed by atoms with Gasteiger partial charge in [-0.25, -0.2) is 9.48 Å². The molecule has 1 N–H and O–H groups in total. The van der Waals surface area contributed by atoms with Gasteiger partial charge in [0, 0.05) is 18.3 Å². The Hall–Kier alpha value is -2.96. The Morgan fingerprint density at radius 1 is 1.08 bits per heavy atom. The minimum absolute atomic E-state index is 0.159. The van der Waals surface area contributed by atoms with E-state index in [1.54, 1.807) is 24.3 Å². The molecular weight excluding hydrogens is 334 g/mol. The number of unbranched alkanes of at least 4 members (excludes halogenated alkanes) is 1. The summed E-state index contributed by atoms with van der Waals surface area (Å²) in [5.41, 5.74) is 0.870. The lowest BCUT2D eigenvalue weighted by atomic mass is 10.2. The van der Waals surface area contributed by atoms with Crippen LogP contribution in [0.2, 0.25) is 0 Å². The smallest absolute Gasteiger partial charge is 0.338 e. The summed E-state index contributed by atoms with van der Waals surface area (Å²) >= 11 is 0. The first kappa shape index (κ1) is 19.4. The van der Waals surface area contributed by atoms with Gasteiger partial charge in [-0.05, 0) is 43.2 Å². The molecule has 138 valence electrons. The Morgan fingerprint density at radius 3 is 2.46 bits per heavy atom. The molecule has 0 saturated carbocycles. The number of aryl methyl sites for hydroxylation is 1. The first-order valence-electron chi connectivity index (χ1n) is 8.71. The van der Waals surface area contributed by atoms with Gasteiger partial charge in [0.1, 0.15) is 5.69 Å². The highest BCUT2D eigenvalue weighted by Gasteiger charge is 2.11. The van der Waals surface area contributed by atoms with E-state index in [0.717, 1.165) is 19.3 Å². The standard InChI is InChI=1S/C19H23N3O4/c1-3-5-12-22-17(23)11-10-16(21-22)18(24)20-15-8-6-14(7-9-15)19(25)26-13-4-2/h6-11H,3-5,12-13H2,1-2H3,(H,20,24). The minimum atomic E-state index is -0.420. The molecule has 1 heterocycles. The molecule has 2 rings (SSSR count). The molecule has 1 amide bonds. The van der Waals surface area contributed by atoms with Crippen molar-refractivity contribution in [1.82, 2.24) is 9.78 Å². The van der Waals surface area contributed by atoms with E-state index in [2.05, 4.69) is 10.4 Å². The summed E-state index contributed by atoms with van der Waals surface area (Å²) in [6.07, 6.45) is 2.50. The lowest BCUT2D eigenvalue weighted by molar-refractivity contribution is 0.0505. The van der Waals surface area contributed by atoms with Crippen molar-refractivity contribution in [3.05, 3.63) is 58.0 Å². The number of benzene rings is 1. The van der Waals surface area contributed by atoms with Gasteiger partial charge in [-0.1, -0.05) is 20.3 Å². The van der Waals surface area contributed by atoms with E-state index in [4.69, 9.17) is 4.74 Å². The molecule has 0 bridgehead atoms. The van der Waals surface area contributed by atoms with Crippen LogP contribution in [-0.4, -0.2) is 28.3 Å². The number of hydrogen-bond acceptors (Lipinski definition) is 5. The summed E-state index contributed by atoms with van der Waals surface area (Å²) in [7, 11) is 0. The van der Waals surface area contributed by atoms with Crippen LogP contribution in [0.3, 0.4) is 0 Å². The average molecular weight is 357 g/mol. The molecule has 0 atom stereocenters. The van der Waals surface area contributed by atoms with Crippen molar-refractivity contribution in [3.8, 4) is 0 Å². The van der Waals surface area contributed by atoms with Crippen LogP contribution in [0, 0.1) is 0 Å². The van der Waals surface area contributed by atoms with E-state index in [-0.39, 0.29) is 11.3 Å². The second kappa shape index (κ2) is 9.50. The minimum Gasteiger partial charge on any atom is -0.462 e. The first-order valence-corrected chi connectivity index (χ1v) is 8.71. The summed E-state index contributed by atoms with van der Waals surface area (Å²) < 4.78 is 6.35. The van der Waals surface area contributed by atoms with Crippen LogP contribution in [0.15, 0.2) is 41.2 Å². The topological polar surface area (TPSA) is 90.3 Å². The third-order valence-corrected chi connectivity index (χ3v) is 3.64. The Kier molecular flexibility index (Phi) is 7.08. The Balaban J connectivity index is 2.05. The number of hydrogen-bond donors (Lipinski definition) is 1. The molecule has 0 unspecified atom stereocenters. The zero-order valence-electron chi connectivity index (χ0n) is 15.0. The van der Waals surface area contributed by atoms with Crippen LogP contribution in [-0.2, 0) is 11.3 Å². The van der Waals surface area contributed by atoms with Gasteiger partial charge in [0.2, 0.25) is 0 Å². The lowest BCUT2D eigenvalue weighted by Crippen LogP contribution is -2.26. The van der Waals surface area contributed by atoms with Crippen LogP contribution in [0.1, 0.15) is 54.0 Å². The third-order valence-electron chi connectivity index (χ3n) is 3.64. The molecule has 0 fully saturated rings. The zero-order valence-corrected chi connectivity index (χ0v) is 15.0. The van der Waals surface area contributed by atoms with E-state index >= 15 is 0 Å². The molecule has 1 aromatic heterocycles. The maximum absolute atomic E-state index is 12.3. The number of ether oxygens (including phenoxy) is 1. The predicted molar refractivity (Wildman–Crippen MR) is 98.4 cm³/mol. The molecule has 0 radical (unpaired) electrons. The van der Waals surface area contributed by atoms with Crippen LogP contribution in [0.5, 0.6) is 0 Å². The zero-order chi connectivity index (χ0) is 18.9. The van der Waals surface area contributed by atoms with Crippen LogP contribution >= 0.6 is 0 Å². The highest BCUT2D eigenvalue weighted by atomic mass is 16.5. The number of carbonyl (C=O) groups is 2. The SMILES string of the molecule is CCCCn1nc(C(=O)Nc2ccc(C(=O)OCCC)cc2)ccc1=O. The molecule has 7 nitrogen and oxygen atoms in total. The van der Waals surface area contributed by atoms with Crippen molar-refractivity contribution in [1.29, 1.82) is 0 Å². The number of aromatic nitrogens is 2. The fourth-order valence-electron chi connectivity index (χ4n) is 2.20. The van der Waals surface area contributed by atoms with Gasteiger partial charge in [-0.3, -0.25) is 9.59 Å². The van der Waals surface area contributed by atoms with Gasteiger partial charge in [0.15, 0.2) is 0 Å². The highest BCUT2D eigenvalue weighted by Crippen LogP contribution is 2.12. The van der Waals surface area contributed by atoms with Crippen molar-refractivity contribution in [2.24, 2.45) is 0 Å². The van der Waals surface area contributed by atoms with Gasteiger partial charge < -0.3 is 10.1 Å². The van der Waals surface area contributed by atoms with Crippen molar-refractivity contribution in [3.63, 3.8) is 0 Å². The molecule has 0 saturated heterocycles. The Morgan fingerprint density at radius 2 is 1.81 bits per heavy atom. The number of esters is 1. The quantitative estimate of drug-likeness (QED) is 0.734. The lowest BCUT2D eigenvalue weighted by Gasteiger charge is -2.08. The van der Waals surface area contributed by atoms with Crippen molar-refractivity contribution in [2.75, 3.05) is 11.9 Å². The van der Waals surface area contributed by atoms with Crippen LogP contribution < -0.4 is 10.9 Å². The predicted octanol–water partition coefficient (Wildman–Crippen LogP) is 2.86. The van der Waals surface area contributed by atoms with Gasteiger partial charge >= 0.3 is 5.97 Å². The molecule has 26 heavy (non-hydrogen) atoms. The van der Waals surface area contributed by atoms with E-state index in [1.165, 1.54) is 16.8 Å². The summed E-state index contributed by atoms with van der Waals surface area (Å²) in [6, 6.07) is 9.15. The van der Waals surface area contributed by atoms with Crippen molar-refractivity contribution >= 4 is 17.6 Å². The van der Waals surface area contributed by atoms with Gasteiger partial charge in [-0.15, -0.1) is 0 Å². The normalized spacial score (nSPS) is 10.4. The molecule has 0 aliphatic heterocycles. The second-order valence-electron chi connectivity index (χ2n) is 5.80. The molecule has 1 aromatic carbocycles. The first-order chi connectivity index (χ1) is 12.5. The molecule has 2 aromatic rings. The summed E-state index contributed by atoms with van der Waals surface area (Å²) in [6.45, 7) is 4.79. The van der Waals surface area contributed by atoms with E-state index in [0.29, 0.717) is 24.4 Å². The number of carbonyl (C=O) groups excluding carboxylic acids is 2. The summed E-state index contributed by atoms with van der Waals surface area (Å²) in [4.78, 5) is 35.9. The van der Waals surface area contributed by atoms with E-state index in [1.807, 2.05) is 13.8 Å². The van der Waals surface area contributed by atoms with E-state index < -0.39 is 11.9 Å². The highest BCUT2D eigenvalue weighted by molar-refractivity contribution is 6.03. The molecule has 0 spiro atoms. The number of amides is 1. The van der Waals surface area contributed by atoms with E-state index in [9.17, 15) is 14.4 Å². The monoisotopic (exact) mass is 357 g/mol. The van der Waals surface area contributed by atoms with Gasteiger partial charge in [0.25, 0.3) is 11.5 Å². The third kappa shape index (κ3) is 5.27. The maximum Gasteiger partial charge on any atom is 0.338 e. The number of nitrogens with one attached hydrogen (secondary N) is 1. The Labute approximate surface area is 152 Å². The summed E-state index contributed by atoms with van der Waals surface area (Å²) in [5, 5.41) is 6.80. The summed E-state index contributed by atoms with van der Waals surface area (Å²) in [5.74, 6) is -0.814. The fraction of sp³-hybridized carbons (Fsp3) is 0.368. The van der Waals surface area contributed by atoms with Gasteiger partial charge in [-0.2, -0.15) is 5.10 Å². The molecule has 0 aliphatic carbocycles. The van der Waals surface area contributed by atoms with Gasteiger partial charge in [0.05, 0.1) is 12.2 Å². The average Bonchev–Trinajstić information content (AvgIpc) is 2.66. The van der Waals surface area contributed by atoms with Crippen molar-refractivity contribution in [2.45, 2.75) is 39.7 Å². The number of rotatable bonds is 8. The Bertz CT molecular complexity index is 812. The largest absolute Gasteiger partial charge is 0.462 e. The number of anilines is 1. The molecular formula is C19H23N3O4. The molecule has 0 aliphatic rings. The maximum atomic E-state index is 12.3. The number of nitrogens with zero attached hydrogens (tertiary/aromatic N) is 2. The van der Waals surface area contributed by atoms with Crippen LogP contribution in [0.4, 0.5) is 5.69 Å². The van der Waals surface area contributed by atoms with Crippen LogP contribution in [0.25, 0.3) is 0 Å². The fourth-order valence-corrected chi connectivity index (χ4v) is 2.20.